The molecule has 1 aliphatic heterocycles. The number of rotatable bonds is 3. The summed E-state index contributed by atoms with van der Waals surface area (Å²) in [5.41, 5.74) is 0.849. The van der Waals surface area contributed by atoms with Crippen LogP contribution >= 0.6 is 0 Å². The molecular formula is C15H20F3NO2. The molecule has 0 amide bonds. The van der Waals surface area contributed by atoms with Crippen LogP contribution in [-0.4, -0.2) is 25.6 Å². The van der Waals surface area contributed by atoms with Gasteiger partial charge in [-0.15, -0.1) is 13.2 Å². The van der Waals surface area contributed by atoms with Gasteiger partial charge in [0.05, 0.1) is 6.10 Å². The lowest BCUT2D eigenvalue weighted by molar-refractivity contribution is -0.274. The summed E-state index contributed by atoms with van der Waals surface area (Å²) in [5.74, 6) is 0.308. The van der Waals surface area contributed by atoms with Crippen molar-refractivity contribution in [3.8, 4) is 5.75 Å². The normalized spacial score (nSPS) is 23.9. The molecule has 0 radical (unpaired) electrons. The zero-order valence-electron chi connectivity index (χ0n) is 12.1. The highest BCUT2D eigenvalue weighted by atomic mass is 19.4. The van der Waals surface area contributed by atoms with Crippen LogP contribution in [0.5, 0.6) is 5.75 Å². The lowest BCUT2D eigenvalue weighted by atomic mass is 10.0. The molecule has 118 valence electrons. The first kappa shape index (κ1) is 16.1. The van der Waals surface area contributed by atoms with Crippen molar-refractivity contribution in [3.05, 3.63) is 29.8 Å². The predicted octanol–water partition coefficient (Wildman–Crippen LogP) is 3.66. The minimum atomic E-state index is -4.66. The zero-order chi connectivity index (χ0) is 15.5. The number of ether oxygens (including phenoxy) is 2. The summed E-state index contributed by atoms with van der Waals surface area (Å²) in [6, 6.07) is 6.27. The topological polar surface area (TPSA) is 30.5 Å². The molecule has 0 bridgehead atoms. The SMILES string of the molecule is CC(C)C1CCOC(c2ccc(OC(F)(F)F)cc2)CN1. The molecule has 1 aliphatic rings. The van der Waals surface area contributed by atoms with Crippen molar-refractivity contribution in [1.82, 2.24) is 5.32 Å². The molecule has 1 saturated heterocycles. The van der Waals surface area contributed by atoms with Crippen molar-refractivity contribution in [2.75, 3.05) is 13.2 Å². The third-order valence-electron chi connectivity index (χ3n) is 3.60. The van der Waals surface area contributed by atoms with Crippen LogP contribution in [0.15, 0.2) is 24.3 Å². The first-order valence-electron chi connectivity index (χ1n) is 7.06. The molecular weight excluding hydrogens is 283 g/mol. The second kappa shape index (κ2) is 6.66. The standard InChI is InChI=1S/C15H20F3NO2/c1-10(2)13-7-8-20-14(9-19-13)11-3-5-12(6-4-11)21-15(16,17)18/h3-6,10,13-14,19H,7-9H2,1-2H3. The molecule has 3 nitrogen and oxygen atoms in total. The number of hydrogen-bond donors (Lipinski definition) is 1. The van der Waals surface area contributed by atoms with E-state index < -0.39 is 6.36 Å². The molecule has 1 N–H and O–H groups in total. The molecule has 1 aromatic carbocycles. The molecule has 1 heterocycles. The largest absolute Gasteiger partial charge is 0.573 e. The van der Waals surface area contributed by atoms with E-state index >= 15 is 0 Å². The van der Waals surface area contributed by atoms with E-state index in [0.29, 0.717) is 25.1 Å². The quantitative estimate of drug-likeness (QED) is 0.924. The Kier molecular flexibility index (Phi) is 5.11. The van der Waals surface area contributed by atoms with Crippen LogP contribution in [0, 0.1) is 5.92 Å². The summed E-state index contributed by atoms with van der Waals surface area (Å²) < 4.78 is 46.0. The van der Waals surface area contributed by atoms with Crippen molar-refractivity contribution >= 4 is 0 Å². The summed E-state index contributed by atoms with van der Waals surface area (Å²) in [7, 11) is 0. The molecule has 2 rings (SSSR count). The highest BCUT2D eigenvalue weighted by molar-refractivity contribution is 5.29. The van der Waals surface area contributed by atoms with E-state index in [0.717, 1.165) is 12.0 Å². The fourth-order valence-corrected chi connectivity index (χ4v) is 2.42. The molecule has 0 saturated carbocycles. The highest BCUT2D eigenvalue weighted by Crippen LogP contribution is 2.26. The maximum Gasteiger partial charge on any atom is 0.573 e. The van der Waals surface area contributed by atoms with Crippen molar-refractivity contribution in [2.45, 2.75) is 38.8 Å². The fourth-order valence-electron chi connectivity index (χ4n) is 2.42. The van der Waals surface area contributed by atoms with Gasteiger partial charge in [-0.25, -0.2) is 0 Å². The Balaban J connectivity index is 1.99. The Bertz CT molecular complexity index is 445. The van der Waals surface area contributed by atoms with Crippen molar-refractivity contribution < 1.29 is 22.6 Å². The van der Waals surface area contributed by atoms with Gasteiger partial charge in [0.15, 0.2) is 0 Å². The van der Waals surface area contributed by atoms with Gasteiger partial charge in [-0.1, -0.05) is 26.0 Å². The van der Waals surface area contributed by atoms with Crippen LogP contribution in [-0.2, 0) is 4.74 Å². The van der Waals surface area contributed by atoms with E-state index in [1.807, 2.05) is 0 Å². The molecule has 0 spiro atoms. The van der Waals surface area contributed by atoms with Crippen LogP contribution in [0.4, 0.5) is 13.2 Å². The Hall–Kier alpha value is -1.27. The third kappa shape index (κ3) is 4.89. The van der Waals surface area contributed by atoms with E-state index in [4.69, 9.17) is 4.74 Å². The molecule has 0 aromatic heterocycles. The molecule has 2 unspecified atom stereocenters. The Morgan fingerprint density at radius 2 is 1.90 bits per heavy atom. The zero-order valence-corrected chi connectivity index (χ0v) is 12.1. The maximum atomic E-state index is 12.1. The number of nitrogens with one attached hydrogen (secondary N) is 1. The maximum absolute atomic E-state index is 12.1. The molecule has 0 aliphatic carbocycles. The first-order chi connectivity index (χ1) is 9.85. The predicted molar refractivity (Wildman–Crippen MR) is 73.1 cm³/mol. The number of hydrogen-bond acceptors (Lipinski definition) is 3. The summed E-state index contributed by atoms with van der Waals surface area (Å²) >= 11 is 0. The summed E-state index contributed by atoms with van der Waals surface area (Å²) in [4.78, 5) is 0. The first-order valence-corrected chi connectivity index (χ1v) is 7.06. The fraction of sp³-hybridized carbons (Fsp3) is 0.600. The van der Waals surface area contributed by atoms with Gasteiger partial charge >= 0.3 is 6.36 Å². The molecule has 1 aromatic rings. The summed E-state index contributed by atoms with van der Waals surface area (Å²) in [5, 5.41) is 3.45. The van der Waals surface area contributed by atoms with Gasteiger partial charge in [0, 0.05) is 19.2 Å². The minimum absolute atomic E-state index is 0.145. The van der Waals surface area contributed by atoms with Crippen LogP contribution in [0.3, 0.4) is 0 Å². The van der Waals surface area contributed by atoms with Gasteiger partial charge in [-0.05, 0) is 30.0 Å². The lowest BCUT2D eigenvalue weighted by Crippen LogP contribution is -2.34. The van der Waals surface area contributed by atoms with E-state index in [1.54, 1.807) is 12.1 Å². The van der Waals surface area contributed by atoms with Crippen molar-refractivity contribution in [1.29, 1.82) is 0 Å². The highest BCUT2D eigenvalue weighted by Gasteiger charge is 2.31. The summed E-state index contributed by atoms with van der Waals surface area (Å²) in [6.45, 7) is 5.60. The Morgan fingerprint density at radius 3 is 2.48 bits per heavy atom. The second-order valence-electron chi connectivity index (χ2n) is 5.52. The smallest absolute Gasteiger partial charge is 0.406 e. The number of benzene rings is 1. The number of halogens is 3. The third-order valence-corrected chi connectivity index (χ3v) is 3.60. The van der Waals surface area contributed by atoms with Gasteiger partial charge in [0.2, 0.25) is 0 Å². The average Bonchev–Trinajstić information content (AvgIpc) is 2.63. The van der Waals surface area contributed by atoms with Crippen molar-refractivity contribution in [3.63, 3.8) is 0 Å². The van der Waals surface area contributed by atoms with Crippen LogP contribution in [0.25, 0.3) is 0 Å². The molecule has 2 atom stereocenters. The van der Waals surface area contributed by atoms with Crippen LogP contribution in [0.2, 0.25) is 0 Å². The van der Waals surface area contributed by atoms with Gasteiger partial charge in [-0.3, -0.25) is 0 Å². The number of alkyl halides is 3. The van der Waals surface area contributed by atoms with Gasteiger partial charge in [0.1, 0.15) is 5.75 Å². The monoisotopic (exact) mass is 303 g/mol. The Morgan fingerprint density at radius 1 is 1.24 bits per heavy atom. The van der Waals surface area contributed by atoms with E-state index in [9.17, 15) is 13.2 Å². The van der Waals surface area contributed by atoms with Gasteiger partial charge < -0.3 is 14.8 Å². The molecule has 1 fully saturated rings. The van der Waals surface area contributed by atoms with Gasteiger partial charge in [-0.2, -0.15) is 0 Å². The molecule has 21 heavy (non-hydrogen) atoms. The van der Waals surface area contributed by atoms with E-state index in [-0.39, 0.29) is 11.9 Å². The van der Waals surface area contributed by atoms with Crippen LogP contribution in [0.1, 0.15) is 31.9 Å². The lowest BCUT2D eigenvalue weighted by Gasteiger charge is -2.20. The minimum Gasteiger partial charge on any atom is -0.406 e. The molecule has 6 heteroatoms. The van der Waals surface area contributed by atoms with E-state index in [1.165, 1.54) is 12.1 Å². The van der Waals surface area contributed by atoms with Crippen molar-refractivity contribution in [2.24, 2.45) is 5.92 Å². The van der Waals surface area contributed by atoms with Gasteiger partial charge in [0.25, 0.3) is 0 Å². The Labute approximate surface area is 122 Å². The van der Waals surface area contributed by atoms with Crippen LogP contribution < -0.4 is 10.1 Å². The second-order valence-corrected chi connectivity index (χ2v) is 5.52. The average molecular weight is 303 g/mol. The summed E-state index contributed by atoms with van der Waals surface area (Å²) in [6.07, 6.45) is -3.87. The van der Waals surface area contributed by atoms with E-state index in [2.05, 4.69) is 23.9 Å².